The van der Waals surface area contributed by atoms with E-state index < -0.39 is 0 Å². The fourth-order valence-electron chi connectivity index (χ4n) is 2.46. The van der Waals surface area contributed by atoms with Crippen LogP contribution in [0, 0.1) is 0 Å². The van der Waals surface area contributed by atoms with Crippen molar-refractivity contribution in [2.24, 2.45) is 0 Å². The number of thiazole rings is 1. The molecule has 2 aromatic heterocycles. The van der Waals surface area contributed by atoms with E-state index >= 15 is 0 Å². The molecule has 3 rings (SSSR count). The van der Waals surface area contributed by atoms with Crippen molar-refractivity contribution >= 4 is 28.0 Å². The summed E-state index contributed by atoms with van der Waals surface area (Å²) < 4.78 is 0. The maximum absolute atomic E-state index is 12.5. The van der Waals surface area contributed by atoms with Gasteiger partial charge in [0.2, 0.25) is 5.91 Å². The number of rotatable bonds is 5. The van der Waals surface area contributed by atoms with Crippen molar-refractivity contribution < 1.29 is 4.79 Å². The number of benzene rings is 1. The van der Waals surface area contributed by atoms with E-state index in [9.17, 15) is 9.59 Å². The van der Waals surface area contributed by atoms with Gasteiger partial charge in [-0.3, -0.25) is 9.59 Å². The first-order valence-corrected chi connectivity index (χ1v) is 8.54. The van der Waals surface area contributed by atoms with E-state index in [0.717, 1.165) is 11.4 Å². The Morgan fingerprint density at radius 3 is 2.75 bits per heavy atom. The molecule has 24 heavy (non-hydrogen) atoms. The van der Waals surface area contributed by atoms with Crippen LogP contribution in [-0.2, 0) is 24.2 Å². The number of hydrogen-bond acceptors (Lipinski definition) is 5. The summed E-state index contributed by atoms with van der Waals surface area (Å²) in [4.78, 5) is 31.5. The summed E-state index contributed by atoms with van der Waals surface area (Å²) in [5.74, 6) is -0.0621. The van der Waals surface area contributed by atoms with Crippen LogP contribution in [0.3, 0.4) is 0 Å². The van der Waals surface area contributed by atoms with Crippen molar-refractivity contribution in [1.82, 2.24) is 20.1 Å². The van der Waals surface area contributed by atoms with E-state index in [1.54, 1.807) is 35.4 Å². The Hall–Kier alpha value is -2.54. The van der Waals surface area contributed by atoms with Crippen LogP contribution in [0.15, 0.2) is 35.3 Å². The molecule has 0 unspecified atom stereocenters. The van der Waals surface area contributed by atoms with E-state index in [-0.39, 0.29) is 17.9 Å². The SMILES string of the molecule is CCc1cnc(CN(C)C(=O)Cc2n[nH]c(=O)c3ccccc23)s1. The first kappa shape index (κ1) is 16.3. The highest BCUT2D eigenvalue weighted by Gasteiger charge is 2.15. The summed E-state index contributed by atoms with van der Waals surface area (Å²) in [5.41, 5.74) is 0.334. The molecule has 6 nitrogen and oxygen atoms in total. The van der Waals surface area contributed by atoms with Gasteiger partial charge in [0, 0.05) is 23.5 Å². The highest BCUT2D eigenvalue weighted by atomic mass is 32.1. The lowest BCUT2D eigenvalue weighted by atomic mass is 10.1. The van der Waals surface area contributed by atoms with Crippen molar-refractivity contribution in [3.8, 4) is 0 Å². The topological polar surface area (TPSA) is 79.0 Å². The third kappa shape index (κ3) is 3.35. The largest absolute Gasteiger partial charge is 0.339 e. The van der Waals surface area contributed by atoms with Crippen molar-refractivity contribution in [2.45, 2.75) is 26.3 Å². The van der Waals surface area contributed by atoms with E-state index in [1.165, 1.54) is 4.88 Å². The van der Waals surface area contributed by atoms with Gasteiger partial charge in [0.1, 0.15) is 5.01 Å². The third-order valence-electron chi connectivity index (χ3n) is 3.84. The molecule has 0 radical (unpaired) electrons. The van der Waals surface area contributed by atoms with Crippen molar-refractivity contribution in [3.05, 3.63) is 56.4 Å². The van der Waals surface area contributed by atoms with Crippen LogP contribution < -0.4 is 5.56 Å². The second kappa shape index (κ2) is 6.92. The van der Waals surface area contributed by atoms with E-state index in [0.29, 0.717) is 23.0 Å². The minimum atomic E-state index is -0.245. The van der Waals surface area contributed by atoms with Gasteiger partial charge in [-0.05, 0) is 12.5 Å². The number of fused-ring (bicyclic) bond motifs is 1. The lowest BCUT2D eigenvalue weighted by molar-refractivity contribution is -0.129. The Morgan fingerprint density at radius 2 is 2.04 bits per heavy atom. The van der Waals surface area contributed by atoms with Crippen LogP contribution in [0.5, 0.6) is 0 Å². The summed E-state index contributed by atoms with van der Waals surface area (Å²) in [5, 5.41) is 8.70. The quantitative estimate of drug-likeness (QED) is 0.770. The molecule has 124 valence electrons. The number of nitrogens with zero attached hydrogens (tertiary/aromatic N) is 3. The third-order valence-corrected chi connectivity index (χ3v) is 4.97. The molecule has 0 fully saturated rings. The lowest BCUT2D eigenvalue weighted by Crippen LogP contribution is -2.28. The van der Waals surface area contributed by atoms with Crippen LogP contribution in [0.25, 0.3) is 10.8 Å². The van der Waals surface area contributed by atoms with Crippen LogP contribution in [0.2, 0.25) is 0 Å². The first-order chi connectivity index (χ1) is 11.6. The number of likely N-dealkylation sites (N-methyl/N-ethyl adjacent to an activating group) is 1. The molecule has 1 N–H and O–H groups in total. The summed E-state index contributed by atoms with van der Waals surface area (Å²) in [6, 6.07) is 7.18. The number of aromatic nitrogens is 3. The minimum absolute atomic E-state index is 0.0621. The Bertz CT molecular complexity index is 931. The lowest BCUT2D eigenvalue weighted by Gasteiger charge is -2.15. The van der Waals surface area contributed by atoms with Crippen LogP contribution >= 0.6 is 11.3 Å². The Morgan fingerprint density at radius 1 is 1.29 bits per heavy atom. The zero-order valence-electron chi connectivity index (χ0n) is 13.6. The molecule has 0 aliphatic rings. The van der Waals surface area contributed by atoms with Gasteiger partial charge in [-0.2, -0.15) is 5.10 Å². The number of carbonyl (C=O) groups is 1. The highest BCUT2D eigenvalue weighted by molar-refractivity contribution is 7.11. The normalized spacial score (nSPS) is 10.9. The van der Waals surface area contributed by atoms with E-state index in [1.807, 2.05) is 18.3 Å². The fraction of sp³-hybridized carbons (Fsp3) is 0.294. The molecule has 0 saturated carbocycles. The van der Waals surface area contributed by atoms with Crippen molar-refractivity contribution in [2.75, 3.05) is 7.05 Å². The van der Waals surface area contributed by atoms with Crippen LogP contribution in [0.4, 0.5) is 0 Å². The molecule has 1 amide bonds. The number of H-pyrrole nitrogens is 1. The number of amides is 1. The molecule has 0 aliphatic carbocycles. The average molecular weight is 342 g/mol. The van der Waals surface area contributed by atoms with Gasteiger partial charge >= 0.3 is 0 Å². The molecule has 0 aliphatic heterocycles. The Labute approximate surface area is 143 Å². The zero-order chi connectivity index (χ0) is 17.1. The molecule has 2 heterocycles. The van der Waals surface area contributed by atoms with Gasteiger partial charge in [-0.1, -0.05) is 25.1 Å². The maximum atomic E-state index is 12.5. The summed E-state index contributed by atoms with van der Waals surface area (Å²) in [6.07, 6.45) is 2.94. The standard InChI is InChI=1S/C17H18N4O2S/c1-3-11-9-18-15(24-11)10-21(2)16(22)8-14-12-6-4-5-7-13(12)17(23)20-19-14/h4-7,9H,3,8,10H2,1-2H3,(H,20,23). The molecule has 3 aromatic rings. The Kier molecular flexibility index (Phi) is 4.71. The van der Waals surface area contributed by atoms with Crippen LogP contribution in [0.1, 0.15) is 22.5 Å². The molecule has 1 aromatic carbocycles. The van der Waals surface area contributed by atoms with Crippen LogP contribution in [-0.4, -0.2) is 33.0 Å². The predicted molar refractivity (Wildman–Crippen MR) is 94.0 cm³/mol. The number of nitrogens with one attached hydrogen (secondary N) is 1. The number of aromatic amines is 1. The average Bonchev–Trinajstić information content (AvgIpc) is 3.05. The monoisotopic (exact) mass is 342 g/mol. The molecule has 0 atom stereocenters. The van der Waals surface area contributed by atoms with Crippen molar-refractivity contribution in [1.29, 1.82) is 0 Å². The number of carbonyl (C=O) groups excluding carboxylic acids is 1. The summed E-state index contributed by atoms with van der Waals surface area (Å²) >= 11 is 1.62. The minimum Gasteiger partial charge on any atom is -0.339 e. The second-order valence-corrected chi connectivity index (χ2v) is 6.75. The van der Waals surface area contributed by atoms with Gasteiger partial charge in [0.15, 0.2) is 0 Å². The van der Waals surface area contributed by atoms with E-state index in [2.05, 4.69) is 22.1 Å². The predicted octanol–water partition coefficient (Wildman–Crippen LogP) is 2.14. The molecular weight excluding hydrogens is 324 g/mol. The fourth-order valence-corrected chi connectivity index (χ4v) is 3.38. The van der Waals surface area contributed by atoms with Gasteiger partial charge in [-0.25, -0.2) is 10.1 Å². The smallest absolute Gasteiger partial charge is 0.272 e. The molecular formula is C17H18N4O2S. The Balaban J connectivity index is 1.77. The number of hydrogen-bond donors (Lipinski definition) is 1. The zero-order valence-corrected chi connectivity index (χ0v) is 14.4. The first-order valence-electron chi connectivity index (χ1n) is 7.72. The molecule has 7 heteroatoms. The highest BCUT2D eigenvalue weighted by Crippen LogP contribution is 2.17. The second-order valence-electron chi connectivity index (χ2n) is 5.55. The van der Waals surface area contributed by atoms with E-state index in [4.69, 9.17) is 0 Å². The summed E-state index contributed by atoms with van der Waals surface area (Å²) in [6.45, 7) is 2.56. The molecule has 0 saturated heterocycles. The van der Waals surface area contributed by atoms with Gasteiger partial charge in [0.25, 0.3) is 5.56 Å². The molecule has 0 spiro atoms. The summed E-state index contributed by atoms with van der Waals surface area (Å²) in [7, 11) is 1.75. The molecule has 0 bridgehead atoms. The number of aryl methyl sites for hydroxylation is 1. The van der Waals surface area contributed by atoms with Gasteiger partial charge in [0.05, 0.1) is 24.0 Å². The maximum Gasteiger partial charge on any atom is 0.272 e. The van der Waals surface area contributed by atoms with Gasteiger partial charge < -0.3 is 4.90 Å². The van der Waals surface area contributed by atoms with Gasteiger partial charge in [-0.15, -0.1) is 11.3 Å². The van der Waals surface area contributed by atoms with Crippen molar-refractivity contribution in [3.63, 3.8) is 0 Å².